The van der Waals surface area contributed by atoms with Gasteiger partial charge in [-0.2, -0.15) is 0 Å². The second-order valence-electron chi connectivity index (χ2n) is 4.61. The van der Waals surface area contributed by atoms with Gasteiger partial charge < -0.3 is 10.1 Å². The number of ether oxygens (including phenoxy) is 1. The smallest absolute Gasteiger partial charge is 0.0634 e. The van der Waals surface area contributed by atoms with E-state index >= 15 is 0 Å². The van der Waals surface area contributed by atoms with Crippen molar-refractivity contribution in [1.29, 1.82) is 0 Å². The van der Waals surface area contributed by atoms with E-state index in [9.17, 15) is 0 Å². The van der Waals surface area contributed by atoms with Crippen molar-refractivity contribution in [3.05, 3.63) is 21.9 Å². The third kappa shape index (κ3) is 4.24. The van der Waals surface area contributed by atoms with Crippen molar-refractivity contribution in [2.45, 2.75) is 45.8 Å². The molecular formula is C13H23NOS. The Balaban J connectivity index is 2.26. The quantitative estimate of drug-likeness (QED) is 0.740. The highest BCUT2D eigenvalue weighted by atomic mass is 32.1. The fourth-order valence-corrected chi connectivity index (χ4v) is 2.48. The summed E-state index contributed by atoms with van der Waals surface area (Å²) in [5.74, 6) is 0. The minimum Gasteiger partial charge on any atom is -0.379 e. The van der Waals surface area contributed by atoms with Gasteiger partial charge in [-0.3, -0.25) is 0 Å². The van der Waals surface area contributed by atoms with E-state index in [0.29, 0.717) is 0 Å². The van der Waals surface area contributed by atoms with Crippen LogP contribution in [0, 0.1) is 0 Å². The van der Waals surface area contributed by atoms with Crippen molar-refractivity contribution in [3.63, 3.8) is 0 Å². The van der Waals surface area contributed by atoms with Gasteiger partial charge >= 0.3 is 0 Å². The Labute approximate surface area is 103 Å². The number of aryl methyl sites for hydroxylation is 1. The third-order valence-corrected chi connectivity index (χ3v) is 3.92. The van der Waals surface area contributed by atoms with E-state index in [1.54, 1.807) is 7.11 Å². The van der Waals surface area contributed by atoms with Gasteiger partial charge in [0.15, 0.2) is 0 Å². The summed E-state index contributed by atoms with van der Waals surface area (Å²) in [4.78, 5) is 1.47. The second-order valence-corrected chi connectivity index (χ2v) is 5.61. The van der Waals surface area contributed by atoms with Crippen molar-refractivity contribution >= 4 is 11.3 Å². The summed E-state index contributed by atoms with van der Waals surface area (Å²) >= 11 is 1.84. The minimum atomic E-state index is -0.0178. The fourth-order valence-electron chi connectivity index (χ4n) is 1.53. The second kappa shape index (κ2) is 6.38. The standard InChI is InChI=1S/C13H23NOS/c1-5-11-6-9-16-12(11)10-14-8-7-13(2,3)15-4/h6,9,14H,5,7-8,10H2,1-4H3. The predicted octanol–water partition coefficient (Wildman–Crippen LogP) is 3.22. The van der Waals surface area contributed by atoms with Gasteiger partial charge in [0.2, 0.25) is 0 Å². The number of rotatable bonds is 7. The molecule has 0 aliphatic carbocycles. The molecule has 92 valence electrons. The number of hydrogen-bond acceptors (Lipinski definition) is 3. The Morgan fingerprint density at radius 3 is 2.81 bits per heavy atom. The molecular weight excluding hydrogens is 218 g/mol. The van der Waals surface area contributed by atoms with Crippen LogP contribution in [-0.4, -0.2) is 19.3 Å². The summed E-state index contributed by atoms with van der Waals surface area (Å²) < 4.78 is 5.38. The minimum absolute atomic E-state index is 0.0178. The first-order valence-electron chi connectivity index (χ1n) is 5.90. The zero-order valence-electron chi connectivity index (χ0n) is 10.8. The van der Waals surface area contributed by atoms with Crippen molar-refractivity contribution in [2.24, 2.45) is 0 Å². The normalized spacial score (nSPS) is 12.0. The van der Waals surface area contributed by atoms with Crippen LogP contribution in [0.25, 0.3) is 0 Å². The molecule has 0 bridgehead atoms. The average Bonchev–Trinajstić information content (AvgIpc) is 2.72. The summed E-state index contributed by atoms with van der Waals surface area (Å²) in [5.41, 5.74) is 1.46. The van der Waals surface area contributed by atoms with Gasteiger partial charge in [0, 0.05) is 18.5 Å². The van der Waals surface area contributed by atoms with E-state index < -0.39 is 0 Å². The topological polar surface area (TPSA) is 21.3 Å². The van der Waals surface area contributed by atoms with Crippen LogP contribution in [-0.2, 0) is 17.7 Å². The zero-order chi connectivity index (χ0) is 12.0. The summed E-state index contributed by atoms with van der Waals surface area (Å²) in [6.07, 6.45) is 2.17. The summed E-state index contributed by atoms with van der Waals surface area (Å²) in [6.45, 7) is 8.44. The molecule has 1 aromatic heterocycles. The fraction of sp³-hybridized carbons (Fsp3) is 0.692. The monoisotopic (exact) mass is 241 g/mol. The van der Waals surface area contributed by atoms with Crippen molar-refractivity contribution in [2.75, 3.05) is 13.7 Å². The molecule has 0 aliphatic heterocycles. The molecule has 0 unspecified atom stereocenters. The molecule has 0 radical (unpaired) electrons. The predicted molar refractivity (Wildman–Crippen MR) is 71.1 cm³/mol. The summed E-state index contributed by atoms with van der Waals surface area (Å²) in [6, 6.07) is 2.22. The Morgan fingerprint density at radius 1 is 1.44 bits per heavy atom. The third-order valence-electron chi connectivity index (χ3n) is 2.96. The molecule has 1 heterocycles. The molecule has 0 atom stereocenters. The van der Waals surface area contributed by atoms with E-state index in [2.05, 4.69) is 37.5 Å². The van der Waals surface area contributed by atoms with Crippen LogP contribution in [0.3, 0.4) is 0 Å². The van der Waals surface area contributed by atoms with E-state index in [1.807, 2.05) is 11.3 Å². The lowest BCUT2D eigenvalue weighted by Crippen LogP contribution is -2.28. The Morgan fingerprint density at radius 2 is 2.19 bits per heavy atom. The molecule has 0 spiro atoms. The Hall–Kier alpha value is -0.380. The maximum absolute atomic E-state index is 5.38. The van der Waals surface area contributed by atoms with E-state index in [4.69, 9.17) is 4.74 Å². The molecule has 1 N–H and O–H groups in total. The number of methoxy groups -OCH3 is 1. The van der Waals surface area contributed by atoms with Crippen LogP contribution < -0.4 is 5.32 Å². The molecule has 1 rings (SSSR count). The van der Waals surface area contributed by atoms with Crippen LogP contribution >= 0.6 is 11.3 Å². The van der Waals surface area contributed by atoms with Crippen LogP contribution in [0.4, 0.5) is 0 Å². The molecule has 0 saturated carbocycles. The van der Waals surface area contributed by atoms with Gasteiger partial charge in [0.05, 0.1) is 5.60 Å². The number of nitrogens with one attached hydrogen (secondary N) is 1. The van der Waals surface area contributed by atoms with Crippen LogP contribution in [0.5, 0.6) is 0 Å². The Bertz CT molecular complexity index is 307. The molecule has 1 aromatic rings. The average molecular weight is 241 g/mol. The van der Waals surface area contributed by atoms with E-state index in [1.165, 1.54) is 10.4 Å². The van der Waals surface area contributed by atoms with E-state index in [0.717, 1.165) is 25.9 Å². The van der Waals surface area contributed by atoms with Crippen LogP contribution in [0.2, 0.25) is 0 Å². The number of thiophene rings is 1. The lowest BCUT2D eigenvalue weighted by Gasteiger charge is -2.22. The van der Waals surface area contributed by atoms with Gasteiger partial charge in [0.25, 0.3) is 0 Å². The van der Waals surface area contributed by atoms with Crippen LogP contribution in [0.15, 0.2) is 11.4 Å². The SMILES string of the molecule is CCc1ccsc1CNCCC(C)(C)OC. The van der Waals surface area contributed by atoms with Gasteiger partial charge in [-0.1, -0.05) is 6.92 Å². The zero-order valence-corrected chi connectivity index (χ0v) is 11.6. The molecule has 0 saturated heterocycles. The highest BCUT2D eigenvalue weighted by molar-refractivity contribution is 7.10. The van der Waals surface area contributed by atoms with Gasteiger partial charge in [-0.15, -0.1) is 11.3 Å². The van der Waals surface area contributed by atoms with Crippen LogP contribution in [0.1, 0.15) is 37.6 Å². The van der Waals surface area contributed by atoms with Crippen molar-refractivity contribution in [3.8, 4) is 0 Å². The molecule has 0 aromatic carbocycles. The highest BCUT2D eigenvalue weighted by Crippen LogP contribution is 2.17. The molecule has 2 nitrogen and oxygen atoms in total. The first-order valence-corrected chi connectivity index (χ1v) is 6.78. The lowest BCUT2D eigenvalue weighted by molar-refractivity contribution is 0.0158. The van der Waals surface area contributed by atoms with Crippen molar-refractivity contribution in [1.82, 2.24) is 5.32 Å². The van der Waals surface area contributed by atoms with E-state index in [-0.39, 0.29) is 5.60 Å². The molecule has 0 aliphatic rings. The maximum atomic E-state index is 5.38. The van der Waals surface area contributed by atoms with Gasteiger partial charge in [-0.25, -0.2) is 0 Å². The number of hydrogen-bond donors (Lipinski definition) is 1. The van der Waals surface area contributed by atoms with Crippen molar-refractivity contribution < 1.29 is 4.74 Å². The summed E-state index contributed by atoms with van der Waals surface area (Å²) in [7, 11) is 1.77. The molecule has 3 heteroatoms. The lowest BCUT2D eigenvalue weighted by atomic mass is 10.1. The maximum Gasteiger partial charge on any atom is 0.0634 e. The summed E-state index contributed by atoms with van der Waals surface area (Å²) in [5, 5.41) is 5.66. The molecule has 0 amide bonds. The molecule has 0 fully saturated rings. The first-order chi connectivity index (χ1) is 7.59. The van der Waals surface area contributed by atoms with Gasteiger partial charge in [0.1, 0.15) is 0 Å². The highest BCUT2D eigenvalue weighted by Gasteiger charge is 2.15. The molecule has 16 heavy (non-hydrogen) atoms. The Kier molecular flexibility index (Phi) is 5.46. The van der Waals surface area contributed by atoms with Gasteiger partial charge in [-0.05, 0) is 50.2 Å². The first kappa shape index (κ1) is 13.7. The largest absolute Gasteiger partial charge is 0.379 e.